The van der Waals surface area contributed by atoms with Crippen LogP contribution in [-0.4, -0.2) is 37.2 Å². The second-order valence-electron chi connectivity index (χ2n) is 17.4. The van der Waals surface area contributed by atoms with Crippen LogP contribution in [0.25, 0.3) is 0 Å². The van der Waals surface area contributed by atoms with Crippen molar-refractivity contribution < 1.29 is 28.6 Å². The van der Waals surface area contributed by atoms with E-state index in [1.165, 1.54) is 180 Å². The SMILES string of the molecule is CCCC/C=C\CCCCCCCC(=O)O[C@@H](COC(=O)CCCCCCCCCCCCCC)COC(=O)CCCCCCCCCCCCCCCCCCC. The van der Waals surface area contributed by atoms with Gasteiger partial charge in [-0.1, -0.05) is 238 Å². The van der Waals surface area contributed by atoms with Crippen molar-refractivity contribution in [1.29, 1.82) is 0 Å². The number of rotatable bonds is 47. The van der Waals surface area contributed by atoms with Crippen molar-refractivity contribution in [3.05, 3.63) is 12.2 Å². The van der Waals surface area contributed by atoms with Crippen molar-refractivity contribution in [2.75, 3.05) is 13.2 Å². The van der Waals surface area contributed by atoms with Gasteiger partial charge in [-0.2, -0.15) is 0 Å². The lowest BCUT2D eigenvalue weighted by Gasteiger charge is -2.18. The lowest BCUT2D eigenvalue weighted by atomic mass is 10.0. The monoisotopic (exact) mass is 819 g/mol. The molecule has 0 aromatic carbocycles. The van der Waals surface area contributed by atoms with Gasteiger partial charge in [0.1, 0.15) is 13.2 Å². The van der Waals surface area contributed by atoms with Crippen molar-refractivity contribution in [3.63, 3.8) is 0 Å². The molecule has 0 rings (SSSR count). The smallest absolute Gasteiger partial charge is 0.306 e. The van der Waals surface area contributed by atoms with Gasteiger partial charge in [0.05, 0.1) is 0 Å². The number of hydrogen-bond acceptors (Lipinski definition) is 6. The van der Waals surface area contributed by atoms with E-state index in [1.807, 2.05) is 0 Å². The number of unbranched alkanes of at least 4 members (excludes halogenated alkanes) is 34. The van der Waals surface area contributed by atoms with Crippen molar-refractivity contribution in [3.8, 4) is 0 Å². The molecule has 6 nitrogen and oxygen atoms in total. The molecular weight excluding hydrogens is 721 g/mol. The zero-order valence-corrected chi connectivity index (χ0v) is 39.1. The molecule has 0 aromatic heterocycles. The van der Waals surface area contributed by atoms with E-state index in [0.29, 0.717) is 19.3 Å². The summed E-state index contributed by atoms with van der Waals surface area (Å²) in [5, 5.41) is 0. The number of allylic oxidation sites excluding steroid dienone is 2. The van der Waals surface area contributed by atoms with Gasteiger partial charge in [0, 0.05) is 19.3 Å². The van der Waals surface area contributed by atoms with E-state index in [1.54, 1.807) is 0 Å². The molecule has 0 spiro atoms. The molecule has 0 bridgehead atoms. The molecule has 0 unspecified atom stereocenters. The van der Waals surface area contributed by atoms with E-state index in [4.69, 9.17) is 14.2 Å². The Morgan fingerprint density at radius 1 is 0.328 bits per heavy atom. The maximum absolute atomic E-state index is 12.7. The average Bonchev–Trinajstić information content (AvgIpc) is 3.22. The Morgan fingerprint density at radius 2 is 0.586 bits per heavy atom. The minimum absolute atomic E-state index is 0.0683. The molecule has 0 saturated carbocycles. The van der Waals surface area contributed by atoms with Crippen LogP contribution in [0.5, 0.6) is 0 Å². The van der Waals surface area contributed by atoms with Crippen molar-refractivity contribution in [1.82, 2.24) is 0 Å². The van der Waals surface area contributed by atoms with Gasteiger partial charge in [-0.15, -0.1) is 0 Å². The predicted molar refractivity (Wildman–Crippen MR) is 247 cm³/mol. The standard InChI is InChI=1S/C52H98O6/c1-4-7-10-13-16-19-22-24-25-26-27-28-31-33-36-39-42-45-51(54)57-48-49(58-52(55)46-43-40-37-34-29-21-18-15-12-9-6-3)47-56-50(53)44-41-38-35-32-30-23-20-17-14-11-8-5-2/h15,18,49H,4-14,16-17,19-48H2,1-3H3/b18-15-/t49-/m0/s1. The van der Waals surface area contributed by atoms with E-state index >= 15 is 0 Å². The third-order valence-corrected chi connectivity index (χ3v) is 11.5. The van der Waals surface area contributed by atoms with Crippen molar-refractivity contribution in [2.24, 2.45) is 0 Å². The third kappa shape index (κ3) is 45.2. The summed E-state index contributed by atoms with van der Waals surface area (Å²) in [5.74, 6) is -0.863. The van der Waals surface area contributed by atoms with E-state index in [9.17, 15) is 14.4 Å². The Hall–Kier alpha value is -1.85. The van der Waals surface area contributed by atoms with Crippen LogP contribution in [0.1, 0.15) is 284 Å². The molecule has 0 aromatic rings. The number of esters is 3. The molecule has 0 radical (unpaired) electrons. The summed E-state index contributed by atoms with van der Waals surface area (Å²) in [6.07, 6.45) is 51.9. The van der Waals surface area contributed by atoms with Crippen LogP contribution in [0.3, 0.4) is 0 Å². The molecule has 1 atom stereocenters. The van der Waals surface area contributed by atoms with Crippen LogP contribution in [0.15, 0.2) is 12.2 Å². The highest BCUT2D eigenvalue weighted by molar-refractivity contribution is 5.71. The Kier molecular flexibility index (Phi) is 46.3. The van der Waals surface area contributed by atoms with Gasteiger partial charge < -0.3 is 14.2 Å². The fourth-order valence-corrected chi connectivity index (χ4v) is 7.60. The number of carbonyl (C=O) groups excluding carboxylic acids is 3. The molecular formula is C52H98O6. The minimum atomic E-state index is -0.766. The average molecular weight is 819 g/mol. The topological polar surface area (TPSA) is 78.9 Å². The minimum Gasteiger partial charge on any atom is -0.462 e. The van der Waals surface area contributed by atoms with Gasteiger partial charge in [-0.05, 0) is 38.5 Å². The summed E-state index contributed by atoms with van der Waals surface area (Å²) in [5.41, 5.74) is 0. The molecule has 0 heterocycles. The molecule has 0 saturated heterocycles. The summed E-state index contributed by atoms with van der Waals surface area (Å²) < 4.78 is 16.8. The fraction of sp³-hybridized carbons (Fsp3) is 0.904. The second-order valence-corrected chi connectivity index (χ2v) is 17.4. The van der Waals surface area contributed by atoms with Gasteiger partial charge in [0.25, 0.3) is 0 Å². The molecule has 0 aliphatic rings. The first-order valence-electron chi connectivity index (χ1n) is 25.7. The molecule has 342 valence electrons. The fourth-order valence-electron chi connectivity index (χ4n) is 7.60. The molecule has 58 heavy (non-hydrogen) atoms. The third-order valence-electron chi connectivity index (χ3n) is 11.5. The van der Waals surface area contributed by atoms with E-state index in [-0.39, 0.29) is 31.1 Å². The second kappa shape index (κ2) is 47.8. The molecule has 0 amide bonds. The Balaban J connectivity index is 4.28. The Labute approximate surface area is 360 Å². The predicted octanol–water partition coefficient (Wildman–Crippen LogP) is 16.6. The van der Waals surface area contributed by atoms with E-state index in [0.717, 1.165) is 64.2 Å². The lowest BCUT2D eigenvalue weighted by molar-refractivity contribution is -0.167. The van der Waals surface area contributed by atoms with Gasteiger partial charge in [0.2, 0.25) is 0 Å². The first-order chi connectivity index (χ1) is 28.5. The maximum Gasteiger partial charge on any atom is 0.306 e. The highest BCUT2D eigenvalue weighted by Crippen LogP contribution is 2.16. The van der Waals surface area contributed by atoms with Crippen LogP contribution in [0, 0.1) is 0 Å². The summed E-state index contributed by atoms with van der Waals surface area (Å²) >= 11 is 0. The van der Waals surface area contributed by atoms with Crippen LogP contribution < -0.4 is 0 Å². The maximum atomic E-state index is 12.7. The number of carbonyl (C=O) groups is 3. The first kappa shape index (κ1) is 56.1. The summed E-state index contributed by atoms with van der Waals surface area (Å²) in [4.78, 5) is 37.9. The van der Waals surface area contributed by atoms with E-state index < -0.39 is 6.10 Å². The molecule has 0 N–H and O–H groups in total. The number of ether oxygens (including phenoxy) is 3. The van der Waals surface area contributed by atoms with E-state index in [2.05, 4.69) is 32.9 Å². The quantitative estimate of drug-likeness (QED) is 0.0263. The van der Waals surface area contributed by atoms with Crippen LogP contribution in [-0.2, 0) is 28.6 Å². The van der Waals surface area contributed by atoms with Gasteiger partial charge in [0.15, 0.2) is 6.10 Å². The summed E-state index contributed by atoms with van der Waals surface area (Å²) in [7, 11) is 0. The molecule has 0 aliphatic carbocycles. The zero-order valence-electron chi connectivity index (χ0n) is 39.1. The van der Waals surface area contributed by atoms with Gasteiger partial charge in [-0.25, -0.2) is 0 Å². The van der Waals surface area contributed by atoms with Crippen LogP contribution in [0.4, 0.5) is 0 Å². The van der Waals surface area contributed by atoms with Crippen LogP contribution >= 0.6 is 0 Å². The van der Waals surface area contributed by atoms with Crippen molar-refractivity contribution >= 4 is 17.9 Å². The largest absolute Gasteiger partial charge is 0.462 e. The van der Waals surface area contributed by atoms with Gasteiger partial charge >= 0.3 is 17.9 Å². The van der Waals surface area contributed by atoms with Gasteiger partial charge in [-0.3, -0.25) is 14.4 Å². The zero-order chi connectivity index (χ0) is 42.3. The number of hydrogen-bond donors (Lipinski definition) is 0. The van der Waals surface area contributed by atoms with Crippen LogP contribution in [0.2, 0.25) is 0 Å². The van der Waals surface area contributed by atoms with Crippen molar-refractivity contribution in [2.45, 2.75) is 290 Å². The molecule has 0 fully saturated rings. The lowest BCUT2D eigenvalue weighted by Crippen LogP contribution is -2.30. The Morgan fingerprint density at radius 3 is 0.914 bits per heavy atom. The summed E-state index contributed by atoms with van der Waals surface area (Å²) in [6.45, 7) is 6.62. The highest BCUT2D eigenvalue weighted by atomic mass is 16.6. The normalized spacial score (nSPS) is 12.0. The first-order valence-corrected chi connectivity index (χ1v) is 25.7. The summed E-state index contributed by atoms with van der Waals surface area (Å²) in [6, 6.07) is 0. The highest BCUT2D eigenvalue weighted by Gasteiger charge is 2.19. The molecule has 6 heteroatoms. The Bertz CT molecular complexity index is 900. The molecule has 0 aliphatic heterocycles.